The number of piperazine rings is 1. The van der Waals surface area contributed by atoms with E-state index in [2.05, 4.69) is 36.8 Å². The van der Waals surface area contributed by atoms with Gasteiger partial charge in [-0.2, -0.15) is 0 Å². The van der Waals surface area contributed by atoms with Gasteiger partial charge in [-0.1, -0.05) is 60.8 Å². The zero-order valence-electron chi connectivity index (χ0n) is 45.5. The number of hydrogen-bond donors (Lipinski definition) is 3. The van der Waals surface area contributed by atoms with Crippen molar-refractivity contribution < 1.29 is 46.7 Å². The van der Waals surface area contributed by atoms with Crippen molar-refractivity contribution >= 4 is 79.0 Å². The Morgan fingerprint density at radius 3 is 2.35 bits per heavy atom. The van der Waals surface area contributed by atoms with Crippen LogP contribution in [0.2, 0.25) is 5.02 Å². The van der Waals surface area contributed by atoms with E-state index >= 15 is 0 Å². The SMILES string of the molecule is O=C1CCC(N2C(=O)c3cccc(NCCCCCCOc4cccc(-c5ccc(Cl)cc5)c4CN4CCN(c5cccc(Oc6cnc7c(ccn7S(=O)(=O)c7ccc(NCC8CCOCC8)c([N+](=O)[O-])c7)c6)c5)CC4)c3C2=O)C(=O)N1. The molecule has 4 aliphatic heterocycles. The molecule has 3 saturated heterocycles. The van der Waals surface area contributed by atoms with Crippen LogP contribution in [0.5, 0.6) is 17.2 Å². The van der Waals surface area contributed by atoms with Gasteiger partial charge in [-0.05, 0) is 116 Å². The molecule has 0 radical (unpaired) electrons. The predicted octanol–water partition coefficient (Wildman–Crippen LogP) is 9.91. The molecule has 1 unspecified atom stereocenters. The molecular weight excluding hydrogens is 1100 g/mol. The average Bonchev–Trinajstić information content (AvgIpc) is 2.66. The number of nitrogens with zero attached hydrogens (tertiary/aromatic N) is 6. The molecule has 7 aromatic rings. The van der Waals surface area contributed by atoms with Crippen molar-refractivity contribution in [3.05, 3.63) is 159 Å². The molecule has 1 atom stereocenters. The van der Waals surface area contributed by atoms with E-state index < -0.39 is 44.6 Å². The van der Waals surface area contributed by atoms with E-state index in [0.29, 0.717) is 73.0 Å². The number of nitro benzene ring substituents is 1. The molecule has 22 heteroatoms. The van der Waals surface area contributed by atoms with E-state index in [0.717, 1.165) is 108 Å². The van der Waals surface area contributed by atoms with Crippen LogP contribution in [0, 0.1) is 16.0 Å². The molecule has 0 bridgehead atoms. The van der Waals surface area contributed by atoms with Gasteiger partial charge in [-0.3, -0.25) is 44.4 Å². The molecule has 4 amide bonds. The van der Waals surface area contributed by atoms with E-state index in [9.17, 15) is 37.7 Å². The van der Waals surface area contributed by atoms with Crippen LogP contribution in [-0.2, 0) is 30.9 Å². The third-order valence-electron chi connectivity index (χ3n) is 15.7. The predicted molar refractivity (Wildman–Crippen MR) is 314 cm³/mol. The number of amides is 4. The second-order valence-electron chi connectivity index (χ2n) is 21.1. The Kier molecular flexibility index (Phi) is 17.0. The van der Waals surface area contributed by atoms with Crippen molar-refractivity contribution in [3.63, 3.8) is 0 Å². The maximum absolute atomic E-state index is 14.0. The van der Waals surface area contributed by atoms with Crippen LogP contribution >= 0.6 is 11.6 Å². The number of carbonyl (C=O) groups is 4. The van der Waals surface area contributed by atoms with Crippen molar-refractivity contribution in [2.24, 2.45) is 5.92 Å². The van der Waals surface area contributed by atoms with Gasteiger partial charge in [0.2, 0.25) is 11.8 Å². The Morgan fingerprint density at radius 2 is 1.55 bits per heavy atom. The summed E-state index contributed by atoms with van der Waals surface area (Å²) in [7, 11) is -4.26. The number of hydrogen-bond acceptors (Lipinski definition) is 16. The molecule has 3 fully saturated rings. The number of ether oxygens (including phenoxy) is 3. The first-order chi connectivity index (χ1) is 40.3. The molecular formula is C61H62ClN9O11S. The zero-order valence-corrected chi connectivity index (χ0v) is 47.0. The number of carbonyl (C=O) groups excluding carboxylic acids is 4. The van der Waals surface area contributed by atoms with Crippen molar-refractivity contribution in [3.8, 4) is 28.4 Å². The number of nitro groups is 1. The monoisotopic (exact) mass is 1160 g/mol. The summed E-state index contributed by atoms with van der Waals surface area (Å²) in [5.41, 5.74) is 5.30. The Bertz CT molecular complexity index is 3710. The minimum Gasteiger partial charge on any atom is -0.493 e. The number of piperidine rings is 1. The molecule has 3 N–H and O–H groups in total. The highest BCUT2D eigenvalue weighted by atomic mass is 35.5. The largest absolute Gasteiger partial charge is 0.493 e. The summed E-state index contributed by atoms with van der Waals surface area (Å²) in [6, 6.07) is 33.1. The molecule has 2 aromatic heterocycles. The first-order valence-electron chi connectivity index (χ1n) is 28.0. The molecule has 11 rings (SSSR count). The van der Waals surface area contributed by atoms with E-state index in [4.69, 9.17) is 25.8 Å². The standard InChI is InChI=1S/C61H62ClN9O11S/c62-43-16-14-41(15-17-43)48-10-7-13-55(81-31-4-2-1-3-25-63-52-12-6-11-49-57(52)61(75)70(60(49)74)53-20-21-56(72)66-59(53)73)50(48)39-67-27-29-68(30-28-67)44-8-5-9-45(35-44)82-46-34-42-22-26-69(58(42)65-38-46)83(78,79)47-18-19-51(54(36-47)71(76)77)64-37-40-23-32-80-33-24-40/h5-19,22,26,34-36,38,40,53,63-64H,1-4,20-21,23-25,27-33,37,39H2,(H,66,72,73). The van der Waals surface area contributed by atoms with E-state index in [-0.39, 0.29) is 45.9 Å². The second-order valence-corrected chi connectivity index (χ2v) is 23.3. The molecule has 430 valence electrons. The van der Waals surface area contributed by atoms with E-state index in [1.54, 1.807) is 30.3 Å². The van der Waals surface area contributed by atoms with Crippen LogP contribution in [0.3, 0.4) is 0 Å². The molecule has 4 aliphatic rings. The lowest BCUT2D eigenvalue weighted by Gasteiger charge is -2.36. The van der Waals surface area contributed by atoms with Crippen molar-refractivity contribution in [1.82, 2.24) is 24.1 Å². The Labute approximate surface area is 484 Å². The summed E-state index contributed by atoms with van der Waals surface area (Å²) in [6.45, 7) is 6.65. The fraction of sp³-hybridized carbons (Fsp3) is 0.328. The number of halogens is 1. The number of unbranched alkanes of at least 4 members (excludes halogenated alkanes) is 3. The third-order valence-corrected chi connectivity index (χ3v) is 17.6. The van der Waals surface area contributed by atoms with Crippen LogP contribution in [0.1, 0.15) is 77.6 Å². The number of pyridine rings is 1. The van der Waals surface area contributed by atoms with Crippen LogP contribution in [0.15, 0.2) is 133 Å². The van der Waals surface area contributed by atoms with Gasteiger partial charge in [0.05, 0.1) is 33.7 Å². The maximum Gasteiger partial charge on any atom is 0.293 e. The molecule has 5 aromatic carbocycles. The summed E-state index contributed by atoms with van der Waals surface area (Å²) >= 11 is 6.33. The zero-order chi connectivity index (χ0) is 57.6. The second kappa shape index (κ2) is 25.0. The van der Waals surface area contributed by atoms with Crippen LogP contribution in [0.4, 0.5) is 22.7 Å². The number of imide groups is 2. The number of benzene rings is 5. The van der Waals surface area contributed by atoms with Gasteiger partial charge in [-0.25, -0.2) is 17.4 Å². The Morgan fingerprint density at radius 1 is 0.783 bits per heavy atom. The highest BCUT2D eigenvalue weighted by molar-refractivity contribution is 7.90. The Hall–Kier alpha value is -8.37. The molecule has 20 nitrogen and oxygen atoms in total. The van der Waals surface area contributed by atoms with Crippen LogP contribution in [0.25, 0.3) is 22.2 Å². The fourth-order valence-corrected chi connectivity index (χ4v) is 12.7. The van der Waals surface area contributed by atoms with Gasteiger partial charge in [0.15, 0.2) is 5.65 Å². The fourth-order valence-electron chi connectivity index (χ4n) is 11.2. The van der Waals surface area contributed by atoms with Gasteiger partial charge in [0.1, 0.15) is 29.0 Å². The van der Waals surface area contributed by atoms with Gasteiger partial charge in [-0.15, -0.1) is 0 Å². The Balaban J connectivity index is 0.679. The molecule has 6 heterocycles. The molecule has 0 saturated carbocycles. The van der Waals surface area contributed by atoms with Crippen molar-refractivity contribution in [2.75, 3.05) is 74.6 Å². The van der Waals surface area contributed by atoms with Crippen LogP contribution < -0.4 is 30.3 Å². The van der Waals surface area contributed by atoms with Crippen LogP contribution in [-0.4, -0.2) is 121 Å². The molecule has 0 aliphatic carbocycles. The number of fused-ring (bicyclic) bond motifs is 2. The number of nitrogens with one attached hydrogen (secondary N) is 3. The number of anilines is 3. The molecule has 0 spiro atoms. The number of rotatable bonds is 22. The summed E-state index contributed by atoms with van der Waals surface area (Å²) < 4.78 is 47.2. The van der Waals surface area contributed by atoms with E-state index in [1.165, 1.54) is 24.5 Å². The van der Waals surface area contributed by atoms with Gasteiger partial charge < -0.3 is 29.7 Å². The number of aromatic nitrogens is 2. The molecule has 83 heavy (non-hydrogen) atoms. The minimum absolute atomic E-state index is 0.0583. The maximum atomic E-state index is 14.0. The van der Waals surface area contributed by atoms with Gasteiger partial charge >= 0.3 is 0 Å². The average molecular weight is 1160 g/mol. The third kappa shape index (κ3) is 12.5. The summed E-state index contributed by atoms with van der Waals surface area (Å²) in [5, 5.41) is 22.0. The topological polar surface area (TPSA) is 237 Å². The minimum atomic E-state index is -4.26. The van der Waals surface area contributed by atoms with Gasteiger partial charge in [0, 0.05) is 111 Å². The summed E-state index contributed by atoms with van der Waals surface area (Å²) in [4.78, 5) is 72.6. The lowest BCUT2D eigenvalue weighted by Crippen LogP contribution is -2.54. The smallest absolute Gasteiger partial charge is 0.293 e. The van der Waals surface area contributed by atoms with E-state index in [1.807, 2.05) is 60.7 Å². The normalized spacial score (nSPS) is 17.0. The van der Waals surface area contributed by atoms with Crippen molar-refractivity contribution in [1.29, 1.82) is 0 Å². The highest BCUT2D eigenvalue weighted by Gasteiger charge is 2.45. The highest BCUT2D eigenvalue weighted by Crippen LogP contribution is 2.37. The quantitative estimate of drug-likeness (QED) is 0.0248. The van der Waals surface area contributed by atoms with Crippen molar-refractivity contribution in [2.45, 2.75) is 68.8 Å². The first kappa shape index (κ1) is 56.5. The van der Waals surface area contributed by atoms with Gasteiger partial charge in [0.25, 0.3) is 27.5 Å². The summed E-state index contributed by atoms with van der Waals surface area (Å²) in [5.74, 6) is -0.0140. The lowest BCUT2D eigenvalue weighted by atomic mass is 9.98. The summed E-state index contributed by atoms with van der Waals surface area (Å²) in [6.07, 6.45) is 8.14. The lowest BCUT2D eigenvalue weighted by molar-refractivity contribution is -0.384. The first-order valence-corrected chi connectivity index (χ1v) is 29.8.